The van der Waals surface area contributed by atoms with E-state index in [1.54, 1.807) is 12.1 Å². The Morgan fingerprint density at radius 1 is 1.59 bits per heavy atom. The summed E-state index contributed by atoms with van der Waals surface area (Å²) in [4.78, 5) is 21.8. The third-order valence-electron chi connectivity index (χ3n) is 3.94. The number of carbonyl (C=O) groups excluding carboxylic acids is 1. The minimum atomic E-state index is -0.130. The number of nitrogens with zero attached hydrogens (tertiary/aromatic N) is 3. The highest BCUT2D eigenvalue weighted by molar-refractivity contribution is 5.79. The number of hydrogen-bond acceptors (Lipinski definition) is 5. The second-order valence-electron chi connectivity index (χ2n) is 5.44. The maximum absolute atomic E-state index is 11.9. The van der Waals surface area contributed by atoms with Gasteiger partial charge in [-0.2, -0.15) is 5.26 Å². The van der Waals surface area contributed by atoms with Gasteiger partial charge in [-0.15, -0.1) is 0 Å². The number of rotatable bonds is 3. The number of anilines is 1. The lowest BCUT2D eigenvalue weighted by molar-refractivity contribution is -0.148. The van der Waals surface area contributed by atoms with Crippen molar-refractivity contribution in [1.29, 1.82) is 5.26 Å². The molecule has 0 radical (unpaired) electrons. The molecular weight excluding hydrogens is 280 g/mol. The van der Waals surface area contributed by atoms with Crippen LogP contribution in [-0.2, 0) is 9.53 Å². The second kappa shape index (κ2) is 6.06. The Balaban J connectivity index is 1.81. The van der Waals surface area contributed by atoms with E-state index in [0.29, 0.717) is 18.7 Å². The largest absolute Gasteiger partial charge is 0.466 e. The molecule has 22 heavy (non-hydrogen) atoms. The summed E-state index contributed by atoms with van der Waals surface area (Å²) in [7, 11) is 0. The maximum Gasteiger partial charge on any atom is 0.310 e. The van der Waals surface area contributed by atoms with Crippen molar-refractivity contribution in [2.24, 2.45) is 5.92 Å². The highest BCUT2D eigenvalue weighted by Crippen LogP contribution is 2.24. The zero-order valence-corrected chi connectivity index (χ0v) is 12.5. The fourth-order valence-corrected chi connectivity index (χ4v) is 2.84. The topological polar surface area (TPSA) is 82.0 Å². The first-order valence-electron chi connectivity index (χ1n) is 7.52. The van der Waals surface area contributed by atoms with Gasteiger partial charge in [0.2, 0.25) is 5.95 Å². The Morgan fingerprint density at radius 3 is 3.23 bits per heavy atom. The van der Waals surface area contributed by atoms with Gasteiger partial charge in [0.1, 0.15) is 0 Å². The molecule has 0 spiro atoms. The predicted molar refractivity (Wildman–Crippen MR) is 82.4 cm³/mol. The minimum absolute atomic E-state index is 0.100. The summed E-state index contributed by atoms with van der Waals surface area (Å²) in [6, 6.07) is 7.50. The smallest absolute Gasteiger partial charge is 0.310 e. The highest BCUT2D eigenvalue weighted by Gasteiger charge is 2.28. The molecule has 0 saturated carbocycles. The van der Waals surface area contributed by atoms with Gasteiger partial charge < -0.3 is 14.6 Å². The molecule has 1 saturated heterocycles. The summed E-state index contributed by atoms with van der Waals surface area (Å²) in [6.45, 7) is 3.71. The number of nitriles is 1. The third kappa shape index (κ3) is 2.75. The van der Waals surface area contributed by atoms with E-state index in [2.05, 4.69) is 20.9 Å². The summed E-state index contributed by atoms with van der Waals surface area (Å²) in [5.74, 6) is 0.519. The molecule has 1 atom stereocenters. The van der Waals surface area contributed by atoms with Gasteiger partial charge in [0, 0.05) is 13.1 Å². The fraction of sp³-hybridized carbons (Fsp3) is 0.438. The molecule has 3 rings (SSSR count). The van der Waals surface area contributed by atoms with Gasteiger partial charge >= 0.3 is 5.97 Å². The van der Waals surface area contributed by atoms with Crippen LogP contribution in [-0.4, -0.2) is 35.6 Å². The highest BCUT2D eigenvalue weighted by atomic mass is 16.5. The normalized spacial score (nSPS) is 18.2. The van der Waals surface area contributed by atoms with Crippen LogP contribution in [0.3, 0.4) is 0 Å². The van der Waals surface area contributed by atoms with E-state index in [-0.39, 0.29) is 11.9 Å². The van der Waals surface area contributed by atoms with Gasteiger partial charge in [-0.25, -0.2) is 4.98 Å². The Kier molecular flexibility index (Phi) is 3.96. The first kappa shape index (κ1) is 14.4. The SMILES string of the molecule is CCOC(=O)C1CCCN(c2nc3ccc(C#N)cc3[nH]2)C1. The van der Waals surface area contributed by atoms with E-state index in [9.17, 15) is 4.79 Å². The molecule has 0 amide bonds. The lowest BCUT2D eigenvalue weighted by Crippen LogP contribution is -2.40. The summed E-state index contributed by atoms with van der Waals surface area (Å²) < 4.78 is 5.12. The van der Waals surface area contributed by atoms with Crippen LogP contribution in [0.2, 0.25) is 0 Å². The first-order valence-corrected chi connectivity index (χ1v) is 7.52. The van der Waals surface area contributed by atoms with Gasteiger partial charge in [-0.1, -0.05) is 0 Å². The van der Waals surface area contributed by atoms with Crippen molar-refractivity contribution in [3.63, 3.8) is 0 Å². The molecule has 1 N–H and O–H groups in total. The number of nitrogens with one attached hydrogen (secondary N) is 1. The van der Waals surface area contributed by atoms with Gasteiger partial charge in [-0.05, 0) is 38.0 Å². The Hall–Kier alpha value is -2.55. The van der Waals surface area contributed by atoms with Crippen molar-refractivity contribution >= 4 is 23.0 Å². The van der Waals surface area contributed by atoms with Crippen LogP contribution < -0.4 is 4.90 Å². The van der Waals surface area contributed by atoms with E-state index in [1.165, 1.54) is 0 Å². The van der Waals surface area contributed by atoms with Crippen LogP contribution in [0, 0.1) is 17.2 Å². The molecule has 1 unspecified atom stereocenters. The number of piperidine rings is 1. The molecule has 1 fully saturated rings. The van der Waals surface area contributed by atoms with E-state index >= 15 is 0 Å². The minimum Gasteiger partial charge on any atom is -0.466 e. The molecular formula is C16H18N4O2. The van der Waals surface area contributed by atoms with E-state index in [4.69, 9.17) is 10.00 Å². The van der Waals surface area contributed by atoms with Crippen LogP contribution in [0.1, 0.15) is 25.3 Å². The number of H-pyrrole nitrogens is 1. The van der Waals surface area contributed by atoms with Crippen molar-refractivity contribution in [2.75, 3.05) is 24.6 Å². The predicted octanol–water partition coefficient (Wildman–Crippen LogP) is 2.21. The summed E-state index contributed by atoms with van der Waals surface area (Å²) in [6.07, 6.45) is 1.79. The molecule has 0 bridgehead atoms. The standard InChI is InChI=1S/C16H18N4O2/c1-2-22-15(21)12-4-3-7-20(10-12)16-18-13-6-5-11(9-17)8-14(13)19-16/h5-6,8,12H,2-4,7,10H2,1H3,(H,18,19). The average molecular weight is 298 g/mol. The average Bonchev–Trinajstić information content (AvgIpc) is 2.98. The van der Waals surface area contributed by atoms with Gasteiger partial charge in [-0.3, -0.25) is 4.79 Å². The lowest BCUT2D eigenvalue weighted by atomic mass is 9.98. The zero-order chi connectivity index (χ0) is 15.5. The molecule has 1 aliphatic rings. The van der Waals surface area contributed by atoms with Crippen LogP contribution in [0.25, 0.3) is 11.0 Å². The van der Waals surface area contributed by atoms with Crippen molar-refractivity contribution in [3.8, 4) is 6.07 Å². The van der Waals surface area contributed by atoms with Gasteiger partial charge in [0.05, 0.1) is 35.2 Å². The quantitative estimate of drug-likeness (QED) is 0.879. The molecule has 6 nitrogen and oxygen atoms in total. The number of fused-ring (bicyclic) bond motifs is 1. The number of aromatic amines is 1. The Labute approximate surface area is 128 Å². The summed E-state index contributed by atoms with van der Waals surface area (Å²) in [5, 5.41) is 8.95. The van der Waals surface area contributed by atoms with Crippen molar-refractivity contribution in [1.82, 2.24) is 9.97 Å². The van der Waals surface area contributed by atoms with E-state index in [1.807, 2.05) is 13.0 Å². The molecule has 0 aliphatic carbocycles. The third-order valence-corrected chi connectivity index (χ3v) is 3.94. The zero-order valence-electron chi connectivity index (χ0n) is 12.5. The number of ether oxygens (including phenoxy) is 1. The number of aromatic nitrogens is 2. The summed E-state index contributed by atoms with van der Waals surface area (Å²) >= 11 is 0. The first-order chi connectivity index (χ1) is 10.7. The van der Waals surface area contributed by atoms with E-state index in [0.717, 1.165) is 36.4 Å². The maximum atomic E-state index is 11.9. The monoisotopic (exact) mass is 298 g/mol. The van der Waals surface area contributed by atoms with Gasteiger partial charge in [0.25, 0.3) is 0 Å². The number of benzene rings is 1. The van der Waals surface area contributed by atoms with E-state index < -0.39 is 0 Å². The van der Waals surface area contributed by atoms with Crippen molar-refractivity contribution < 1.29 is 9.53 Å². The van der Waals surface area contributed by atoms with Crippen LogP contribution >= 0.6 is 0 Å². The summed E-state index contributed by atoms with van der Waals surface area (Å²) in [5.41, 5.74) is 2.27. The van der Waals surface area contributed by atoms with Crippen LogP contribution in [0.4, 0.5) is 5.95 Å². The van der Waals surface area contributed by atoms with Gasteiger partial charge in [0.15, 0.2) is 0 Å². The molecule has 114 valence electrons. The molecule has 1 aromatic carbocycles. The molecule has 1 aromatic heterocycles. The Morgan fingerprint density at radius 2 is 2.45 bits per heavy atom. The second-order valence-corrected chi connectivity index (χ2v) is 5.44. The van der Waals surface area contributed by atoms with Crippen molar-refractivity contribution in [3.05, 3.63) is 23.8 Å². The Bertz CT molecular complexity index is 731. The fourth-order valence-electron chi connectivity index (χ4n) is 2.84. The number of imidazole rings is 1. The van der Waals surface area contributed by atoms with Crippen molar-refractivity contribution in [2.45, 2.75) is 19.8 Å². The molecule has 1 aliphatic heterocycles. The molecule has 6 heteroatoms. The molecule has 2 heterocycles. The van der Waals surface area contributed by atoms with Crippen LogP contribution in [0.5, 0.6) is 0 Å². The number of carbonyl (C=O) groups is 1. The lowest BCUT2D eigenvalue weighted by Gasteiger charge is -2.31. The van der Waals surface area contributed by atoms with Crippen LogP contribution in [0.15, 0.2) is 18.2 Å². The number of esters is 1. The molecule has 2 aromatic rings. The number of hydrogen-bond donors (Lipinski definition) is 1.